The average molecular weight is 226 g/mol. The molecule has 1 N–H and O–H groups in total. The number of rotatable bonds is 3. The Morgan fingerprint density at radius 3 is 2.69 bits per heavy atom. The number of hydrogen-bond donors (Lipinski definition) is 1. The molecule has 2 aliphatic rings. The van der Waals surface area contributed by atoms with Crippen molar-refractivity contribution in [3.05, 3.63) is 0 Å². The lowest BCUT2D eigenvalue weighted by Crippen LogP contribution is -2.50. The summed E-state index contributed by atoms with van der Waals surface area (Å²) in [6.45, 7) is 5.48. The minimum Gasteiger partial charge on any atom is -0.381 e. The summed E-state index contributed by atoms with van der Waals surface area (Å²) in [5.74, 6) is 0.298. The van der Waals surface area contributed by atoms with Gasteiger partial charge < -0.3 is 15.0 Å². The van der Waals surface area contributed by atoms with E-state index in [4.69, 9.17) is 4.74 Å². The smallest absolute Gasteiger partial charge is 0.239 e. The summed E-state index contributed by atoms with van der Waals surface area (Å²) in [4.78, 5) is 14.3. The van der Waals surface area contributed by atoms with Gasteiger partial charge in [-0.1, -0.05) is 0 Å². The van der Waals surface area contributed by atoms with Crippen molar-refractivity contribution in [2.75, 3.05) is 26.3 Å². The molecule has 2 fully saturated rings. The average Bonchev–Trinajstić information content (AvgIpc) is 2.85. The summed E-state index contributed by atoms with van der Waals surface area (Å²) in [5.41, 5.74) is 0. The molecule has 0 spiro atoms. The second kappa shape index (κ2) is 5.64. The Morgan fingerprint density at radius 1 is 1.38 bits per heavy atom. The minimum absolute atomic E-state index is 0.0720. The summed E-state index contributed by atoms with van der Waals surface area (Å²) < 4.78 is 5.35. The van der Waals surface area contributed by atoms with Crippen LogP contribution in [0.2, 0.25) is 0 Å². The van der Waals surface area contributed by atoms with Gasteiger partial charge in [0.05, 0.1) is 6.04 Å². The Balaban J connectivity index is 1.94. The van der Waals surface area contributed by atoms with Crippen molar-refractivity contribution in [3.8, 4) is 0 Å². The molecule has 0 radical (unpaired) electrons. The Bertz CT molecular complexity index is 233. The predicted octanol–water partition coefficient (Wildman–Crippen LogP) is 0.766. The highest BCUT2D eigenvalue weighted by atomic mass is 16.5. The second-order valence-corrected chi connectivity index (χ2v) is 4.62. The topological polar surface area (TPSA) is 41.6 Å². The zero-order valence-electron chi connectivity index (χ0n) is 10.1. The monoisotopic (exact) mass is 226 g/mol. The van der Waals surface area contributed by atoms with Crippen LogP contribution in [0.5, 0.6) is 0 Å². The molecule has 0 aromatic heterocycles. The first kappa shape index (κ1) is 11.9. The van der Waals surface area contributed by atoms with Crippen molar-refractivity contribution < 1.29 is 9.53 Å². The third-order valence-corrected chi connectivity index (χ3v) is 3.61. The highest BCUT2D eigenvalue weighted by Gasteiger charge is 2.30. The maximum atomic E-state index is 12.3. The molecule has 0 aromatic carbocycles. The van der Waals surface area contributed by atoms with Crippen molar-refractivity contribution in [2.24, 2.45) is 0 Å². The summed E-state index contributed by atoms with van der Waals surface area (Å²) in [6, 6.07) is 0.469. The quantitative estimate of drug-likeness (QED) is 0.772. The molecule has 1 unspecified atom stereocenters. The van der Waals surface area contributed by atoms with Crippen LogP contribution in [0.4, 0.5) is 0 Å². The molecule has 0 bridgehead atoms. The molecule has 2 aliphatic heterocycles. The van der Waals surface area contributed by atoms with E-state index < -0.39 is 0 Å². The van der Waals surface area contributed by atoms with Gasteiger partial charge in [0.2, 0.25) is 5.91 Å². The number of nitrogens with zero attached hydrogens (tertiary/aromatic N) is 1. The van der Waals surface area contributed by atoms with E-state index in [1.807, 2.05) is 4.90 Å². The number of carbonyl (C=O) groups excluding carboxylic acids is 1. The van der Waals surface area contributed by atoms with Crippen LogP contribution in [0.15, 0.2) is 0 Å². The molecule has 2 saturated heterocycles. The molecule has 4 nitrogen and oxygen atoms in total. The maximum absolute atomic E-state index is 12.3. The number of carbonyl (C=O) groups is 1. The highest BCUT2D eigenvalue weighted by Crippen LogP contribution is 2.17. The largest absolute Gasteiger partial charge is 0.381 e. The molecule has 1 amide bonds. The minimum atomic E-state index is 0.0720. The van der Waals surface area contributed by atoms with Gasteiger partial charge in [-0.25, -0.2) is 0 Å². The van der Waals surface area contributed by atoms with Crippen molar-refractivity contribution in [1.29, 1.82) is 0 Å². The van der Waals surface area contributed by atoms with E-state index in [0.717, 1.165) is 52.0 Å². The standard InChI is InChI=1S/C12H22N2O2/c1-2-14(10-5-8-16-9-6-10)12(15)11-4-3-7-13-11/h10-11,13H,2-9H2,1H3. The second-order valence-electron chi connectivity index (χ2n) is 4.62. The van der Waals surface area contributed by atoms with E-state index in [2.05, 4.69) is 12.2 Å². The summed E-state index contributed by atoms with van der Waals surface area (Å²) in [5, 5.41) is 3.29. The molecule has 92 valence electrons. The van der Waals surface area contributed by atoms with Crippen LogP contribution < -0.4 is 5.32 Å². The number of ether oxygens (including phenoxy) is 1. The van der Waals surface area contributed by atoms with Gasteiger partial charge in [-0.2, -0.15) is 0 Å². The lowest BCUT2D eigenvalue weighted by molar-refractivity contribution is -0.137. The van der Waals surface area contributed by atoms with Gasteiger partial charge in [0, 0.05) is 25.8 Å². The molecule has 4 heteroatoms. The Kier molecular flexibility index (Phi) is 4.18. The van der Waals surface area contributed by atoms with Gasteiger partial charge in [-0.15, -0.1) is 0 Å². The molecule has 2 rings (SSSR count). The third kappa shape index (κ3) is 2.55. The normalized spacial score (nSPS) is 26.9. The molecule has 1 atom stereocenters. The number of hydrogen-bond acceptors (Lipinski definition) is 3. The van der Waals surface area contributed by atoms with Gasteiger partial charge in [-0.05, 0) is 39.2 Å². The number of nitrogens with one attached hydrogen (secondary N) is 1. The van der Waals surface area contributed by atoms with E-state index in [1.54, 1.807) is 0 Å². The van der Waals surface area contributed by atoms with Crippen LogP contribution >= 0.6 is 0 Å². The Hall–Kier alpha value is -0.610. The van der Waals surface area contributed by atoms with Crippen molar-refractivity contribution in [2.45, 2.75) is 44.7 Å². The van der Waals surface area contributed by atoms with Crippen LogP contribution in [-0.4, -0.2) is 49.2 Å². The zero-order valence-corrected chi connectivity index (χ0v) is 10.1. The highest BCUT2D eigenvalue weighted by molar-refractivity contribution is 5.82. The molecule has 0 aliphatic carbocycles. The van der Waals surface area contributed by atoms with Gasteiger partial charge in [0.25, 0.3) is 0 Å². The van der Waals surface area contributed by atoms with Crippen LogP contribution in [0.3, 0.4) is 0 Å². The lowest BCUT2D eigenvalue weighted by atomic mass is 10.1. The fraction of sp³-hybridized carbons (Fsp3) is 0.917. The predicted molar refractivity (Wildman–Crippen MR) is 62.3 cm³/mol. The van der Waals surface area contributed by atoms with Gasteiger partial charge in [-0.3, -0.25) is 4.79 Å². The summed E-state index contributed by atoms with van der Waals surface area (Å²) in [6.07, 6.45) is 4.11. The summed E-state index contributed by atoms with van der Waals surface area (Å²) >= 11 is 0. The number of likely N-dealkylation sites (N-methyl/N-ethyl adjacent to an activating group) is 1. The van der Waals surface area contributed by atoms with E-state index in [-0.39, 0.29) is 6.04 Å². The third-order valence-electron chi connectivity index (χ3n) is 3.61. The Labute approximate surface area is 97.3 Å². The van der Waals surface area contributed by atoms with E-state index in [0.29, 0.717) is 11.9 Å². The first-order valence-corrected chi connectivity index (χ1v) is 6.44. The molecule has 16 heavy (non-hydrogen) atoms. The SMILES string of the molecule is CCN(C(=O)C1CCCN1)C1CCOCC1. The summed E-state index contributed by atoms with van der Waals surface area (Å²) in [7, 11) is 0. The number of amides is 1. The molecule has 2 heterocycles. The Morgan fingerprint density at radius 2 is 2.12 bits per heavy atom. The first-order valence-electron chi connectivity index (χ1n) is 6.44. The molecular formula is C12H22N2O2. The lowest BCUT2D eigenvalue weighted by Gasteiger charge is -2.35. The molecular weight excluding hydrogens is 204 g/mol. The van der Waals surface area contributed by atoms with Gasteiger partial charge in [0.1, 0.15) is 0 Å². The van der Waals surface area contributed by atoms with Crippen molar-refractivity contribution in [1.82, 2.24) is 10.2 Å². The van der Waals surface area contributed by atoms with Crippen LogP contribution in [0, 0.1) is 0 Å². The van der Waals surface area contributed by atoms with E-state index >= 15 is 0 Å². The van der Waals surface area contributed by atoms with Crippen molar-refractivity contribution in [3.63, 3.8) is 0 Å². The van der Waals surface area contributed by atoms with E-state index in [1.165, 1.54) is 0 Å². The fourth-order valence-electron chi connectivity index (χ4n) is 2.69. The molecule has 0 aromatic rings. The van der Waals surface area contributed by atoms with Crippen LogP contribution in [0.25, 0.3) is 0 Å². The van der Waals surface area contributed by atoms with E-state index in [9.17, 15) is 4.79 Å². The van der Waals surface area contributed by atoms with Crippen molar-refractivity contribution >= 4 is 5.91 Å². The fourth-order valence-corrected chi connectivity index (χ4v) is 2.69. The van der Waals surface area contributed by atoms with Gasteiger partial charge in [0.15, 0.2) is 0 Å². The van der Waals surface area contributed by atoms with Crippen LogP contribution in [-0.2, 0) is 9.53 Å². The maximum Gasteiger partial charge on any atom is 0.239 e. The van der Waals surface area contributed by atoms with Crippen LogP contribution in [0.1, 0.15) is 32.6 Å². The first-order chi connectivity index (χ1) is 7.83. The molecule has 0 saturated carbocycles. The van der Waals surface area contributed by atoms with Gasteiger partial charge >= 0.3 is 0 Å². The zero-order chi connectivity index (χ0) is 11.4.